The Hall–Kier alpha value is -0.370. The summed E-state index contributed by atoms with van der Waals surface area (Å²) in [5.41, 5.74) is 0. The van der Waals surface area contributed by atoms with Crippen molar-refractivity contribution in [3.05, 3.63) is 6.54 Å². The van der Waals surface area contributed by atoms with E-state index in [1.54, 1.807) is 6.21 Å². The standard InChI is InChI=1S/C3H4N2/c1-2-5-3-4-1/h1,5H,3H2. The third kappa shape index (κ3) is 0.450. The summed E-state index contributed by atoms with van der Waals surface area (Å²) in [6.07, 6.45) is 1.62. The lowest BCUT2D eigenvalue weighted by atomic mass is 10.8. The van der Waals surface area contributed by atoms with Gasteiger partial charge in [-0.25, -0.2) is 0 Å². The molecule has 1 rings (SSSR count). The van der Waals surface area contributed by atoms with Crippen LogP contribution in [0.4, 0.5) is 0 Å². The molecule has 0 spiro atoms. The van der Waals surface area contributed by atoms with Crippen LogP contribution in [0, 0.1) is 6.54 Å². The predicted octanol–water partition coefficient (Wildman–Crippen LogP) is -0.343. The van der Waals surface area contributed by atoms with Crippen molar-refractivity contribution in [3.63, 3.8) is 0 Å². The molecule has 0 saturated heterocycles. The molecule has 2 heteroatoms. The van der Waals surface area contributed by atoms with Crippen molar-refractivity contribution >= 4 is 6.21 Å². The molecule has 0 unspecified atom stereocenters. The minimum absolute atomic E-state index is 0.708. The van der Waals surface area contributed by atoms with E-state index in [-0.39, 0.29) is 0 Å². The molecule has 1 heterocycles. The van der Waals surface area contributed by atoms with Crippen LogP contribution in [0.1, 0.15) is 0 Å². The van der Waals surface area contributed by atoms with Gasteiger partial charge in [-0.05, 0) is 0 Å². The molecule has 0 aliphatic carbocycles. The lowest BCUT2D eigenvalue weighted by molar-refractivity contribution is 0.906. The number of aliphatic imine (C=N–C) groups is 1. The van der Waals surface area contributed by atoms with E-state index in [0.29, 0.717) is 6.67 Å². The van der Waals surface area contributed by atoms with E-state index in [9.17, 15) is 0 Å². The monoisotopic (exact) mass is 68.0 g/mol. The van der Waals surface area contributed by atoms with Gasteiger partial charge in [-0.1, -0.05) is 0 Å². The highest BCUT2D eigenvalue weighted by Crippen LogP contribution is 1.73. The largest absolute Gasteiger partial charge is 0.284 e. The van der Waals surface area contributed by atoms with E-state index in [0.717, 1.165) is 0 Å². The SMILES string of the molecule is [C]1C=NCN1. The molecule has 0 atom stereocenters. The van der Waals surface area contributed by atoms with Crippen molar-refractivity contribution in [2.45, 2.75) is 0 Å². The molecule has 2 radical (unpaired) electrons. The summed E-state index contributed by atoms with van der Waals surface area (Å²) in [4.78, 5) is 3.74. The topological polar surface area (TPSA) is 24.4 Å². The zero-order valence-electron chi connectivity index (χ0n) is 2.73. The first-order chi connectivity index (χ1) is 2.50. The Morgan fingerprint density at radius 2 is 3.00 bits per heavy atom. The summed E-state index contributed by atoms with van der Waals surface area (Å²) in [7, 11) is 0. The summed E-state index contributed by atoms with van der Waals surface area (Å²) < 4.78 is 0. The second-order valence-corrected chi connectivity index (χ2v) is 0.791. The molecule has 0 aromatic heterocycles. The minimum atomic E-state index is 0.708. The molecule has 1 N–H and O–H groups in total. The highest BCUT2D eigenvalue weighted by Gasteiger charge is 1.84. The molecule has 0 saturated carbocycles. The molecule has 1 aliphatic rings. The van der Waals surface area contributed by atoms with Gasteiger partial charge in [-0.2, -0.15) is 0 Å². The highest BCUT2D eigenvalue weighted by molar-refractivity contribution is 5.68. The summed E-state index contributed by atoms with van der Waals surface area (Å²) in [5.74, 6) is 0. The zero-order chi connectivity index (χ0) is 3.54. The number of hydrogen-bond acceptors (Lipinski definition) is 2. The van der Waals surface area contributed by atoms with Crippen molar-refractivity contribution in [1.82, 2.24) is 5.32 Å². The maximum Gasteiger partial charge on any atom is 0.107 e. The molecular weight excluding hydrogens is 64.0 g/mol. The Morgan fingerprint density at radius 3 is 3.20 bits per heavy atom. The first-order valence-corrected chi connectivity index (χ1v) is 1.47. The first kappa shape index (κ1) is 2.85. The fraction of sp³-hybridized carbons (Fsp3) is 0.333. The van der Waals surface area contributed by atoms with Crippen LogP contribution < -0.4 is 5.32 Å². The molecule has 0 aromatic carbocycles. The van der Waals surface area contributed by atoms with Gasteiger partial charge in [0.1, 0.15) is 6.54 Å². The summed E-state index contributed by atoms with van der Waals surface area (Å²) in [6.45, 7) is 3.39. The zero-order valence-corrected chi connectivity index (χ0v) is 2.73. The van der Waals surface area contributed by atoms with E-state index >= 15 is 0 Å². The fourth-order valence-electron chi connectivity index (χ4n) is 0.228. The summed E-state index contributed by atoms with van der Waals surface area (Å²) >= 11 is 0. The minimum Gasteiger partial charge on any atom is -0.284 e. The quantitative estimate of drug-likeness (QED) is 0.412. The van der Waals surface area contributed by atoms with E-state index in [1.807, 2.05) is 0 Å². The average molecular weight is 68.1 g/mol. The lowest BCUT2D eigenvalue weighted by Crippen LogP contribution is -2.00. The second-order valence-electron chi connectivity index (χ2n) is 0.791. The molecule has 0 bridgehead atoms. The summed E-state index contributed by atoms with van der Waals surface area (Å²) in [5, 5.41) is 2.75. The van der Waals surface area contributed by atoms with Gasteiger partial charge in [-0.15, -0.1) is 0 Å². The van der Waals surface area contributed by atoms with Crippen LogP contribution in [0.25, 0.3) is 0 Å². The van der Waals surface area contributed by atoms with Crippen molar-refractivity contribution in [2.24, 2.45) is 4.99 Å². The molecule has 0 amide bonds. The molecule has 5 heavy (non-hydrogen) atoms. The van der Waals surface area contributed by atoms with Gasteiger partial charge >= 0.3 is 0 Å². The van der Waals surface area contributed by atoms with Gasteiger partial charge in [0.25, 0.3) is 0 Å². The van der Waals surface area contributed by atoms with E-state index in [2.05, 4.69) is 16.9 Å². The van der Waals surface area contributed by atoms with Crippen molar-refractivity contribution < 1.29 is 0 Å². The van der Waals surface area contributed by atoms with Crippen LogP contribution in [-0.2, 0) is 0 Å². The Kier molecular flexibility index (Phi) is 0.667. The van der Waals surface area contributed by atoms with E-state index in [4.69, 9.17) is 0 Å². The molecule has 26 valence electrons. The van der Waals surface area contributed by atoms with Gasteiger partial charge in [0, 0.05) is 6.21 Å². The van der Waals surface area contributed by atoms with E-state index < -0.39 is 0 Å². The fourth-order valence-corrected chi connectivity index (χ4v) is 0.228. The van der Waals surface area contributed by atoms with Gasteiger partial charge in [0.2, 0.25) is 0 Å². The van der Waals surface area contributed by atoms with Crippen LogP contribution >= 0.6 is 0 Å². The lowest BCUT2D eigenvalue weighted by Gasteiger charge is -1.73. The molecule has 2 nitrogen and oxygen atoms in total. The maximum absolute atomic E-state index is 3.74. The number of rotatable bonds is 0. The normalized spacial score (nSPS) is 20.8. The Balaban J connectivity index is 2.32. The number of nitrogens with one attached hydrogen (secondary N) is 1. The van der Waals surface area contributed by atoms with Crippen LogP contribution in [0.15, 0.2) is 4.99 Å². The van der Waals surface area contributed by atoms with Gasteiger partial charge in [0.15, 0.2) is 0 Å². The van der Waals surface area contributed by atoms with E-state index in [1.165, 1.54) is 0 Å². The van der Waals surface area contributed by atoms with Gasteiger partial charge in [-0.3, -0.25) is 10.3 Å². The molecule has 0 aromatic rings. The third-order valence-corrected chi connectivity index (χ3v) is 0.428. The van der Waals surface area contributed by atoms with Crippen molar-refractivity contribution in [2.75, 3.05) is 6.67 Å². The van der Waals surface area contributed by atoms with Crippen LogP contribution in [-0.4, -0.2) is 12.9 Å². The Bertz CT molecular complexity index is 42.9. The molecular formula is C3H4N2. The van der Waals surface area contributed by atoms with Gasteiger partial charge in [0.05, 0.1) is 6.67 Å². The Labute approximate surface area is 30.9 Å². The van der Waals surface area contributed by atoms with Gasteiger partial charge < -0.3 is 0 Å². The maximum atomic E-state index is 3.74. The highest BCUT2D eigenvalue weighted by atomic mass is 15.0. The average Bonchev–Trinajstić information content (AvgIpc) is 1.76. The van der Waals surface area contributed by atoms with Crippen LogP contribution in [0.2, 0.25) is 0 Å². The van der Waals surface area contributed by atoms with Crippen LogP contribution in [0.5, 0.6) is 0 Å². The van der Waals surface area contributed by atoms with Crippen LogP contribution in [0.3, 0.4) is 0 Å². The number of nitrogens with zero attached hydrogens (tertiary/aromatic N) is 1. The molecule has 0 fully saturated rings. The second kappa shape index (κ2) is 1.17. The van der Waals surface area contributed by atoms with Crippen molar-refractivity contribution in [1.29, 1.82) is 0 Å². The summed E-state index contributed by atoms with van der Waals surface area (Å²) in [6, 6.07) is 0. The van der Waals surface area contributed by atoms with Crippen molar-refractivity contribution in [3.8, 4) is 0 Å². The first-order valence-electron chi connectivity index (χ1n) is 1.47. The number of hydrogen-bond donors (Lipinski definition) is 1. The third-order valence-electron chi connectivity index (χ3n) is 0.428. The molecule has 1 aliphatic heterocycles. The predicted molar refractivity (Wildman–Crippen MR) is 19.7 cm³/mol. The Morgan fingerprint density at radius 1 is 2.00 bits per heavy atom. The smallest absolute Gasteiger partial charge is 0.107 e.